The second kappa shape index (κ2) is 9.24. The molecule has 7 heteroatoms. The molecule has 1 fully saturated rings. The lowest BCUT2D eigenvalue weighted by Crippen LogP contribution is -2.30. The molecule has 3 aromatic heterocycles. The van der Waals surface area contributed by atoms with Crippen LogP contribution in [0.25, 0.3) is 44.5 Å². The molecule has 0 radical (unpaired) electrons. The molecule has 0 atom stereocenters. The Balaban J connectivity index is 1.75. The van der Waals surface area contributed by atoms with Gasteiger partial charge >= 0.3 is 0 Å². The Morgan fingerprint density at radius 3 is 2.00 bits per heavy atom. The number of fused-ring (bicyclic) bond motifs is 1. The maximum Gasteiger partial charge on any atom is 0.159 e. The molecule has 180 valence electrons. The van der Waals surface area contributed by atoms with E-state index in [1.807, 2.05) is 19.1 Å². The fourth-order valence-electron chi connectivity index (χ4n) is 5.17. The van der Waals surface area contributed by atoms with Gasteiger partial charge in [0.25, 0.3) is 0 Å². The van der Waals surface area contributed by atoms with Gasteiger partial charge in [0.2, 0.25) is 0 Å². The highest BCUT2D eigenvalue weighted by atomic mass is 19.1. The standard InChI is InChI=1S/C29H25F2N5/c1-18-25-26(19-2-6-22(30)7-3-19)27(20-10-14-32-15-11-20)28(21-4-8-23(31)9-5-21)34-29(25)36(35-18)24-12-16-33-17-13-24/h2-11,14-15,24,33H,12-13,16-17H2,1H3. The van der Waals surface area contributed by atoms with Gasteiger partial charge in [-0.2, -0.15) is 5.10 Å². The monoisotopic (exact) mass is 481 g/mol. The van der Waals surface area contributed by atoms with Crippen molar-refractivity contribution >= 4 is 11.0 Å². The molecule has 4 heterocycles. The first-order valence-electron chi connectivity index (χ1n) is 12.2. The third-order valence-electron chi connectivity index (χ3n) is 6.89. The van der Waals surface area contributed by atoms with Crippen LogP contribution in [0.3, 0.4) is 0 Å². The van der Waals surface area contributed by atoms with Crippen LogP contribution in [0.1, 0.15) is 24.6 Å². The fraction of sp³-hybridized carbons (Fsp3) is 0.207. The van der Waals surface area contributed by atoms with Crippen molar-refractivity contribution in [3.8, 4) is 33.5 Å². The van der Waals surface area contributed by atoms with Crippen molar-refractivity contribution in [2.24, 2.45) is 0 Å². The number of rotatable bonds is 4. The SMILES string of the molecule is Cc1nn(C2CCNCC2)c2nc(-c3ccc(F)cc3)c(-c3ccncc3)c(-c3ccc(F)cc3)c12. The van der Waals surface area contributed by atoms with Gasteiger partial charge in [-0.15, -0.1) is 0 Å². The van der Waals surface area contributed by atoms with E-state index in [1.54, 1.807) is 36.7 Å². The van der Waals surface area contributed by atoms with Crippen molar-refractivity contribution in [2.45, 2.75) is 25.8 Å². The largest absolute Gasteiger partial charge is 0.317 e. The number of piperidine rings is 1. The van der Waals surface area contributed by atoms with Crippen molar-refractivity contribution in [3.63, 3.8) is 0 Å². The van der Waals surface area contributed by atoms with Crippen LogP contribution in [-0.4, -0.2) is 32.8 Å². The highest BCUT2D eigenvalue weighted by molar-refractivity contribution is 6.07. The molecule has 5 nitrogen and oxygen atoms in total. The normalized spacial score (nSPS) is 14.4. The van der Waals surface area contributed by atoms with Gasteiger partial charge in [0.15, 0.2) is 5.65 Å². The molecule has 36 heavy (non-hydrogen) atoms. The van der Waals surface area contributed by atoms with Gasteiger partial charge in [-0.3, -0.25) is 4.98 Å². The Bertz CT molecular complexity index is 1520. The average molecular weight is 482 g/mol. The number of aromatic nitrogens is 4. The minimum atomic E-state index is -0.306. The van der Waals surface area contributed by atoms with E-state index in [1.165, 1.54) is 24.3 Å². The van der Waals surface area contributed by atoms with E-state index in [0.717, 1.165) is 76.2 Å². The van der Waals surface area contributed by atoms with E-state index < -0.39 is 0 Å². The molecule has 0 aliphatic carbocycles. The van der Waals surface area contributed by atoms with Crippen molar-refractivity contribution in [3.05, 3.63) is 90.4 Å². The molecule has 0 spiro atoms. The summed E-state index contributed by atoms with van der Waals surface area (Å²) in [5, 5.41) is 9.34. The van der Waals surface area contributed by atoms with E-state index in [4.69, 9.17) is 10.1 Å². The van der Waals surface area contributed by atoms with Crippen LogP contribution >= 0.6 is 0 Å². The van der Waals surface area contributed by atoms with Crippen LogP contribution in [0.2, 0.25) is 0 Å². The zero-order valence-electron chi connectivity index (χ0n) is 19.9. The lowest BCUT2D eigenvalue weighted by atomic mass is 9.89. The van der Waals surface area contributed by atoms with Crippen LogP contribution in [0.15, 0.2) is 73.1 Å². The topological polar surface area (TPSA) is 55.6 Å². The maximum absolute atomic E-state index is 14.0. The summed E-state index contributed by atoms with van der Waals surface area (Å²) in [5.74, 6) is -0.602. The number of pyridine rings is 2. The summed E-state index contributed by atoms with van der Waals surface area (Å²) in [7, 11) is 0. The van der Waals surface area contributed by atoms with E-state index >= 15 is 0 Å². The molecule has 1 saturated heterocycles. The minimum absolute atomic E-state index is 0.226. The second-order valence-corrected chi connectivity index (χ2v) is 9.17. The quantitative estimate of drug-likeness (QED) is 0.326. The molecule has 5 aromatic rings. The van der Waals surface area contributed by atoms with Gasteiger partial charge in [-0.25, -0.2) is 18.4 Å². The zero-order valence-corrected chi connectivity index (χ0v) is 19.9. The molecule has 6 rings (SSSR count). The smallest absolute Gasteiger partial charge is 0.159 e. The molecule has 0 saturated carbocycles. The van der Waals surface area contributed by atoms with Gasteiger partial charge in [-0.05, 0) is 92.5 Å². The first-order valence-corrected chi connectivity index (χ1v) is 12.2. The molecule has 2 aromatic carbocycles. The molecule has 1 aliphatic rings. The number of aryl methyl sites for hydroxylation is 1. The van der Waals surface area contributed by atoms with Crippen LogP contribution < -0.4 is 5.32 Å². The Labute approximate surface area is 207 Å². The third kappa shape index (κ3) is 3.95. The predicted molar refractivity (Wildman–Crippen MR) is 137 cm³/mol. The van der Waals surface area contributed by atoms with Crippen LogP contribution in [-0.2, 0) is 0 Å². The summed E-state index contributed by atoms with van der Waals surface area (Å²) in [6.07, 6.45) is 5.41. The lowest BCUT2D eigenvalue weighted by molar-refractivity contribution is 0.349. The molecular weight excluding hydrogens is 456 g/mol. The van der Waals surface area contributed by atoms with Gasteiger partial charge in [0.05, 0.1) is 22.8 Å². The van der Waals surface area contributed by atoms with Crippen molar-refractivity contribution in [2.75, 3.05) is 13.1 Å². The second-order valence-electron chi connectivity index (χ2n) is 9.17. The highest BCUT2D eigenvalue weighted by Crippen LogP contribution is 2.44. The van der Waals surface area contributed by atoms with Crippen LogP contribution in [0, 0.1) is 18.6 Å². The molecule has 0 amide bonds. The predicted octanol–water partition coefficient (Wildman–Crippen LogP) is 6.34. The highest BCUT2D eigenvalue weighted by Gasteiger charge is 2.27. The van der Waals surface area contributed by atoms with Crippen LogP contribution in [0.5, 0.6) is 0 Å². The Kier molecular flexibility index (Phi) is 5.77. The van der Waals surface area contributed by atoms with Crippen molar-refractivity contribution in [1.29, 1.82) is 0 Å². The van der Waals surface area contributed by atoms with Gasteiger partial charge in [-0.1, -0.05) is 12.1 Å². The Morgan fingerprint density at radius 2 is 1.36 bits per heavy atom. The number of nitrogens with one attached hydrogen (secondary N) is 1. The molecule has 1 N–H and O–H groups in total. The summed E-state index contributed by atoms with van der Waals surface area (Å²) in [6.45, 7) is 3.86. The molecule has 0 unspecified atom stereocenters. The molecule has 1 aliphatic heterocycles. The number of hydrogen-bond acceptors (Lipinski definition) is 4. The summed E-state index contributed by atoms with van der Waals surface area (Å²) in [5.41, 5.74) is 6.79. The first kappa shape index (κ1) is 22.5. The Hall–Kier alpha value is -3.97. The fourth-order valence-corrected chi connectivity index (χ4v) is 5.17. The summed E-state index contributed by atoms with van der Waals surface area (Å²) in [4.78, 5) is 9.42. The molecule has 0 bridgehead atoms. The van der Waals surface area contributed by atoms with Crippen LogP contribution in [0.4, 0.5) is 8.78 Å². The van der Waals surface area contributed by atoms with Crippen molar-refractivity contribution in [1.82, 2.24) is 25.1 Å². The number of nitrogens with zero attached hydrogens (tertiary/aromatic N) is 4. The maximum atomic E-state index is 14.0. The minimum Gasteiger partial charge on any atom is -0.317 e. The summed E-state index contributed by atoms with van der Waals surface area (Å²) in [6, 6.07) is 17.0. The first-order chi connectivity index (χ1) is 17.6. The van der Waals surface area contributed by atoms with Gasteiger partial charge < -0.3 is 5.32 Å². The van der Waals surface area contributed by atoms with Gasteiger partial charge in [0.1, 0.15) is 11.6 Å². The Morgan fingerprint density at radius 1 is 0.778 bits per heavy atom. The summed E-state index contributed by atoms with van der Waals surface area (Å²) < 4.78 is 29.9. The van der Waals surface area contributed by atoms with Crippen molar-refractivity contribution < 1.29 is 8.78 Å². The number of benzene rings is 2. The van der Waals surface area contributed by atoms with Gasteiger partial charge in [0, 0.05) is 29.1 Å². The number of hydrogen-bond donors (Lipinski definition) is 1. The van der Waals surface area contributed by atoms with E-state index in [2.05, 4.69) is 15.0 Å². The zero-order chi connectivity index (χ0) is 24.6. The molecular formula is C29H25F2N5. The van der Waals surface area contributed by atoms with E-state index in [0.29, 0.717) is 0 Å². The summed E-state index contributed by atoms with van der Waals surface area (Å²) >= 11 is 0. The third-order valence-corrected chi connectivity index (χ3v) is 6.89. The number of halogens is 2. The lowest BCUT2D eigenvalue weighted by Gasteiger charge is -2.24. The van der Waals surface area contributed by atoms with E-state index in [-0.39, 0.29) is 17.7 Å². The average Bonchev–Trinajstić information content (AvgIpc) is 3.25. The van der Waals surface area contributed by atoms with E-state index in [9.17, 15) is 8.78 Å².